The maximum atomic E-state index is 6.77. The Morgan fingerprint density at radius 2 is 1.19 bits per heavy atom. The summed E-state index contributed by atoms with van der Waals surface area (Å²) in [7, 11) is 0. The SMILES string of the molecule is c1ccc(-n2c3ccccc3c3ccc(-c4cccc5c4c4ccccc4n5-c4nc5ccc6sc7ccccc7c6c5o4)cc32)cc1. The molecule has 0 saturated carbocycles. The van der Waals surface area contributed by atoms with E-state index in [1.807, 2.05) is 0 Å². The summed E-state index contributed by atoms with van der Waals surface area (Å²) in [6.07, 6.45) is 0. The first-order chi connectivity index (χ1) is 23.8. The molecule has 0 atom stereocenters. The summed E-state index contributed by atoms with van der Waals surface area (Å²) in [5.74, 6) is 0. The molecule has 7 aromatic carbocycles. The van der Waals surface area contributed by atoms with E-state index in [1.165, 1.54) is 58.5 Å². The molecule has 0 amide bonds. The van der Waals surface area contributed by atoms with Crippen LogP contribution in [0.4, 0.5) is 0 Å². The molecule has 5 heteroatoms. The highest BCUT2D eigenvalue weighted by Crippen LogP contribution is 2.43. The molecule has 224 valence electrons. The van der Waals surface area contributed by atoms with Gasteiger partial charge in [0.15, 0.2) is 5.58 Å². The zero-order valence-corrected chi connectivity index (χ0v) is 26.4. The average molecular weight is 632 g/mol. The third-order valence-electron chi connectivity index (χ3n) is 9.77. The standard InChI is InChI=1S/C43H25N3OS/c1-2-11-27(12-3-1)45-34-17-7-4-13-29(34)30-22-21-26(25-37(30)45)28-16-10-19-36-40(28)31-14-5-8-18-35(31)46(36)43-44-33-23-24-39-41(42(33)47-43)32-15-6-9-20-38(32)48-39/h1-25H. The molecule has 0 saturated heterocycles. The van der Waals surface area contributed by atoms with Gasteiger partial charge < -0.3 is 8.98 Å². The number of oxazole rings is 1. The van der Waals surface area contributed by atoms with Crippen LogP contribution in [0.3, 0.4) is 0 Å². The van der Waals surface area contributed by atoms with Crippen LogP contribution in [-0.2, 0) is 0 Å². The number of aromatic nitrogens is 3. The van der Waals surface area contributed by atoms with Crippen molar-refractivity contribution in [3.8, 4) is 22.8 Å². The van der Waals surface area contributed by atoms with E-state index in [0.29, 0.717) is 6.01 Å². The van der Waals surface area contributed by atoms with Crippen LogP contribution in [0.1, 0.15) is 0 Å². The average Bonchev–Trinajstić information content (AvgIpc) is 3.90. The highest BCUT2D eigenvalue weighted by atomic mass is 32.1. The predicted octanol–water partition coefficient (Wildman–Crippen LogP) is 12.1. The second-order valence-corrected chi connectivity index (χ2v) is 13.4. The van der Waals surface area contributed by atoms with E-state index in [9.17, 15) is 0 Å². The Balaban J connectivity index is 1.18. The number of fused-ring (bicyclic) bond motifs is 11. The summed E-state index contributed by atoms with van der Waals surface area (Å²) in [5, 5.41) is 7.19. The van der Waals surface area contributed by atoms with Gasteiger partial charge in [0.05, 0.1) is 22.1 Å². The first-order valence-electron chi connectivity index (χ1n) is 16.1. The number of para-hydroxylation sites is 3. The normalized spacial score (nSPS) is 12.2. The molecule has 0 aliphatic carbocycles. The van der Waals surface area contributed by atoms with Crippen LogP contribution in [0, 0.1) is 0 Å². The number of hydrogen-bond donors (Lipinski definition) is 0. The van der Waals surface area contributed by atoms with Crippen LogP contribution in [0.5, 0.6) is 0 Å². The van der Waals surface area contributed by atoms with E-state index in [4.69, 9.17) is 9.40 Å². The Bertz CT molecular complexity index is 3070. The van der Waals surface area contributed by atoms with Gasteiger partial charge in [0.2, 0.25) is 0 Å². The molecule has 0 unspecified atom stereocenters. The van der Waals surface area contributed by atoms with Gasteiger partial charge >= 0.3 is 6.01 Å². The first kappa shape index (κ1) is 26.0. The second-order valence-electron chi connectivity index (χ2n) is 12.4. The lowest BCUT2D eigenvalue weighted by atomic mass is 9.98. The predicted molar refractivity (Wildman–Crippen MR) is 201 cm³/mol. The van der Waals surface area contributed by atoms with Gasteiger partial charge in [-0.25, -0.2) is 0 Å². The first-order valence-corrected chi connectivity index (χ1v) is 17.0. The summed E-state index contributed by atoms with van der Waals surface area (Å²) in [5.41, 5.74) is 9.72. The molecule has 0 aliphatic rings. The van der Waals surface area contributed by atoms with Crippen molar-refractivity contribution in [2.45, 2.75) is 0 Å². The molecule has 0 bridgehead atoms. The van der Waals surface area contributed by atoms with Gasteiger partial charge in [-0.15, -0.1) is 11.3 Å². The third kappa shape index (κ3) is 3.51. The zero-order valence-electron chi connectivity index (χ0n) is 25.6. The quantitative estimate of drug-likeness (QED) is 0.194. The lowest BCUT2D eigenvalue weighted by Crippen LogP contribution is -1.94. The van der Waals surface area contributed by atoms with Gasteiger partial charge in [-0.1, -0.05) is 97.1 Å². The molecule has 4 aromatic heterocycles. The van der Waals surface area contributed by atoms with Crippen LogP contribution in [-0.4, -0.2) is 14.1 Å². The molecule has 4 nitrogen and oxygen atoms in total. The highest BCUT2D eigenvalue weighted by molar-refractivity contribution is 7.26. The lowest BCUT2D eigenvalue weighted by Gasteiger charge is -2.10. The van der Waals surface area contributed by atoms with Crippen LogP contribution in [0.2, 0.25) is 0 Å². The Kier molecular flexibility index (Phi) is 5.23. The number of rotatable bonds is 3. The number of thiophene rings is 1. The fourth-order valence-corrected chi connectivity index (χ4v) is 8.84. The van der Waals surface area contributed by atoms with Crippen molar-refractivity contribution in [2.24, 2.45) is 0 Å². The van der Waals surface area contributed by atoms with Gasteiger partial charge in [-0.3, -0.25) is 4.57 Å². The van der Waals surface area contributed by atoms with Crippen molar-refractivity contribution in [3.63, 3.8) is 0 Å². The lowest BCUT2D eigenvalue weighted by molar-refractivity contribution is 0.577. The van der Waals surface area contributed by atoms with E-state index in [2.05, 4.69) is 161 Å². The molecule has 11 aromatic rings. The largest absolute Gasteiger partial charge is 0.422 e. The van der Waals surface area contributed by atoms with Crippen molar-refractivity contribution in [2.75, 3.05) is 0 Å². The van der Waals surface area contributed by atoms with Crippen molar-refractivity contribution in [1.29, 1.82) is 0 Å². The molecule has 4 heterocycles. The van der Waals surface area contributed by atoms with Crippen LogP contribution < -0.4 is 0 Å². The molecule has 0 aliphatic heterocycles. The maximum absolute atomic E-state index is 6.77. The molecule has 0 fully saturated rings. The molecular formula is C43H25N3OS. The maximum Gasteiger partial charge on any atom is 0.307 e. The number of nitrogens with zero attached hydrogens (tertiary/aromatic N) is 3. The van der Waals surface area contributed by atoms with Gasteiger partial charge in [0, 0.05) is 47.4 Å². The summed E-state index contributed by atoms with van der Waals surface area (Å²) in [6.45, 7) is 0. The number of hydrogen-bond acceptors (Lipinski definition) is 3. The summed E-state index contributed by atoms with van der Waals surface area (Å²) >= 11 is 1.79. The Morgan fingerprint density at radius 3 is 2.06 bits per heavy atom. The van der Waals surface area contributed by atoms with Crippen LogP contribution >= 0.6 is 11.3 Å². The molecule has 0 radical (unpaired) electrons. The smallest absolute Gasteiger partial charge is 0.307 e. The van der Waals surface area contributed by atoms with E-state index < -0.39 is 0 Å². The minimum Gasteiger partial charge on any atom is -0.422 e. The van der Waals surface area contributed by atoms with E-state index in [1.54, 1.807) is 11.3 Å². The van der Waals surface area contributed by atoms with Gasteiger partial charge in [0.1, 0.15) is 5.52 Å². The summed E-state index contributed by atoms with van der Waals surface area (Å²) < 4.78 is 13.8. The van der Waals surface area contributed by atoms with Gasteiger partial charge in [-0.2, -0.15) is 4.98 Å². The van der Waals surface area contributed by atoms with Gasteiger partial charge in [0.25, 0.3) is 0 Å². The Morgan fingerprint density at radius 1 is 0.479 bits per heavy atom. The minimum absolute atomic E-state index is 0.579. The molecular weight excluding hydrogens is 607 g/mol. The van der Waals surface area contributed by atoms with Crippen molar-refractivity contribution < 1.29 is 4.42 Å². The fraction of sp³-hybridized carbons (Fsp3) is 0. The minimum atomic E-state index is 0.579. The number of benzene rings is 7. The van der Waals surface area contributed by atoms with E-state index in [-0.39, 0.29) is 0 Å². The summed E-state index contributed by atoms with van der Waals surface area (Å²) in [6, 6.07) is 54.7. The third-order valence-corrected chi connectivity index (χ3v) is 10.9. The van der Waals surface area contributed by atoms with Crippen molar-refractivity contribution in [1.82, 2.24) is 14.1 Å². The molecule has 0 spiro atoms. The van der Waals surface area contributed by atoms with Gasteiger partial charge in [-0.05, 0) is 65.7 Å². The Hall–Kier alpha value is -6.17. The molecule has 11 rings (SSSR count). The summed E-state index contributed by atoms with van der Waals surface area (Å²) in [4.78, 5) is 5.10. The van der Waals surface area contributed by atoms with Crippen LogP contribution in [0.15, 0.2) is 156 Å². The van der Waals surface area contributed by atoms with E-state index >= 15 is 0 Å². The monoisotopic (exact) mass is 631 g/mol. The molecule has 0 N–H and O–H groups in total. The van der Waals surface area contributed by atoms with Crippen LogP contribution in [0.25, 0.3) is 97.7 Å². The fourth-order valence-electron chi connectivity index (χ4n) is 7.74. The van der Waals surface area contributed by atoms with Crippen molar-refractivity contribution >= 4 is 86.2 Å². The zero-order chi connectivity index (χ0) is 31.3. The van der Waals surface area contributed by atoms with Crippen molar-refractivity contribution in [3.05, 3.63) is 152 Å². The van der Waals surface area contributed by atoms with E-state index in [0.717, 1.165) is 33.2 Å². The molecule has 48 heavy (non-hydrogen) atoms. The second kappa shape index (κ2) is 9.67. The Labute approximate surface area is 278 Å². The highest BCUT2D eigenvalue weighted by Gasteiger charge is 2.22. The topological polar surface area (TPSA) is 35.9 Å².